The summed E-state index contributed by atoms with van der Waals surface area (Å²) in [6.07, 6.45) is 17.7. The number of hydrogen-bond donors (Lipinski definition) is 0. The Morgan fingerprint density at radius 3 is 2.53 bits per heavy atom. The third-order valence-electron chi connectivity index (χ3n) is 9.90. The maximum absolute atomic E-state index is 11.5. The van der Waals surface area contributed by atoms with Crippen LogP contribution >= 0.6 is 0 Å². The Balaban J connectivity index is 1.53. The largest absolute Gasteiger partial charge is 0.462 e. The molecule has 168 valence electrons. The average Bonchev–Trinajstić information content (AvgIpc) is 3.03. The summed E-state index contributed by atoms with van der Waals surface area (Å²) in [5.74, 6) is 4.64. The van der Waals surface area contributed by atoms with Crippen LogP contribution in [0.1, 0.15) is 92.9 Å². The van der Waals surface area contributed by atoms with Crippen molar-refractivity contribution >= 4 is 5.97 Å². The van der Waals surface area contributed by atoms with Gasteiger partial charge >= 0.3 is 5.97 Å². The van der Waals surface area contributed by atoms with Crippen molar-refractivity contribution in [2.45, 2.75) is 99.0 Å². The monoisotopic (exact) mass is 412 g/mol. The predicted octanol–water partition coefficient (Wildman–Crippen LogP) is 7.35. The topological polar surface area (TPSA) is 26.3 Å². The normalized spacial score (nSPS) is 44.2. The summed E-state index contributed by atoms with van der Waals surface area (Å²) >= 11 is 0. The number of allylic oxidation sites excluding steroid dienone is 3. The van der Waals surface area contributed by atoms with Crippen molar-refractivity contribution in [2.75, 3.05) is 0 Å². The van der Waals surface area contributed by atoms with Crippen LogP contribution in [-0.4, -0.2) is 12.1 Å². The highest BCUT2D eigenvalue weighted by Gasteiger charge is 2.59. The molecule has 0 saturated heterocycles. The fourth-order valence-electron chi connectivity index (χ4n) is 8.40. The smallest absolute Gasteiger partial charge is 0.302 e. The van der Waals surface area contributed by atoms with Gasteiger partial charge in [0.2, 0.25) is 0 Å². The lowest BCUT2D eigenvalue weighted by Gasteiger charge is -2.58. The van der Waals surface area contributed by atoms with Gasteiger partial charge in [-0.25, -0.2) is 0 Å². The lowest BCUT2D eigenvalue weighted by molar-refractivity contribution is -0.148. The third kappa shape index (κ3) is 3.71. The molecule has 4 rings (SSSR count). The highest BCUT2D eigenvalue weighted by atomic mass is 16.5. The highest BCUT2D eigenvalue weighted by Crippen LogP contribution is 2.67. The van der Waals surface area contributed by atoms with Gasteiger partial charge in [0.25, 0.3) is 0 Å². The van der Waals surface area contributed by atoms with Gasteiger partial charge in [-0.1, -0.05) is 58.4 Å². The molecule has 0 aromatic rings. The van der Waals surface area contributed by atoms with Gasteiger partial charge < -0.3 is 4.74 Å². The molecule has 0 aliphatic heterocycles. The molecule has 0 aromatic carbocycles. The fourth-order valence-corrected chi connectivity index (χ4v) is 8.40. The molecular weight excluding hydrogens is 368 g/mol. The molecule has 8 unspecified atom stereocenters. The van der Waals surface area contributed by atoms with E-state index < -0.39 is 0 Å². The second-order valence-electron chi connectivity index (χ2n) is 11.9. The number of fused-ring (bicyclic) bond motifs is 5. The first-order valence-electron chi connectivity index (χ1n) is 12.7. The maximum Gasteiger partial charge on any atom is 0.302 e. The van der Waals surface area contributed by atoms with E-state index in [4.69, 9.17) is 4.74 Å². The Morgan fingerprint density at radius 1 is 1.07 bits per heavy atom. The minimum Gasteiger partial charge on any atom is -0.462 e. The van der Waals surface area contributed by atoms with Gasteiger partial charge in [0.1, 0.15) is 6.10 Å². The molecule has 8 atom stereocenters. The van der Waals surface area contributed by atoms with Gasteiger partial charge in [0.15, 0.2) is 0 Å². The quantitative estimate of drug-likeness (QED) is 0.356. The highest BCUT2D eigenvalue weighted by molar-refractivity contribution is 5.66. The zero-order chi connectivity index (χ0) is 21.7. The first kappa shape index (κ1) is 22.2. The lowest BCUT2D eigenvalue weighted by Crippen LogP contribution is -2.51. The number of rotatable bonds is 4. The molecular formula is C28H44O2. The van der Waals surface area contributed by atoms with Crippen LogP contribution in [0, 0.1) is 46.3 Å². The number of ether oxygens (including phenoxy) is 1. The van der Waals surface area contributed by atoms with Gasteiger partial charge in [0.05, 0.1) is 0 Å². The van der Waals surface area contributed by atoms with E-state index in [-0.39, 0.29) is 12.1 Å². The van der Waals surface area contributed by atoms with E-state index in [0.29, 0.717) is 22.7 Å². The van der Waals surface area contributed by atoms with E-state index in [1.54, 1.807) is 12.5 Å². The van der Waals surface area contributed by atoms with Crippen molar-refractivity contribution in [3.05, 3.63) is 23.8 Å². The van der Waals surface area contributed by atoms with Crippen LogP contribution < -0.4 is 0 Å². The molecule has 3 fully saturated rings. The van der Waals surface area contributed by atoms with E-state index >= 15 is 0 Å². The standard InChI is InChI=1S/C28H44O2/c1-18(2)7-8-19(3)24-11-12-25-23-10-9-21-17-22(30-20(4)29)13-15-27(21,5)26(23)14-16-28(24,25)6/h7-9,18-19,22-26H,10-17H2,1-6H3/b8-7+. The minimum atomic E-state index is -0.121. The number of carbonyl (C=O) groups is 1. The van der Waals surface area contributed by atoms with E-state index in [1.165, 1.54) is 38.5 Å². The zero-order valence-electron chi connectivity index (χ0n) is 20.2. The summed E-state index contributed by atoms with van der Waals surface area (Å²) in [6, 6.07) is 0. The molecule has 0 bridgehead atoms. The summed E-state index contributed by atoms with van der Waals surface area (Å²) in [7, 11) is 0. The molecule has 0 heterocycles. The van der Waals surface area contributed by atoms with E-state index in [1.807, 2.05) is 0 Å². The summed E-state index contributed by atoms with van der Waals surface area (Å²) in [6.45, 7) is 13.8. The number of hydrogen-bond acceptors (Lipinski definition) is 2. The predicted molar refractivity (Wildman–Crippen MR) is 124 cm³/mol. The van der Waals surface area contributed by atoms with Gasteiger partial charge in [-0.05, 0) is 91.3 Å². The summed E-state index contributed by atoms with van der Waals surface area (Å²) in [5, 5.41) is 0. The van der Waals surface area contributed by atoms with Crippen LogP contribution in [0.2, 0.25) is 0 Å². The van der Waals surface area contributed by atoms with Crippen LogP contribution in [0.25, 0.3) is 0 Å². The average molecular weight is 413 g/mol. The molecule has 0 spiro atoms. The Labute approximate surface area is 184 Å². The van der Waals surface area contributed by atoms with Crippen molar-refractivity contribution < 1.29 is 9.53 Å². The fraction of sp³-hybridized carbons (Fsp3) is 0.821. The van der Waals surface area contributed by atoms with Crippen LogP contribution in [-0.2, 0) is 9.53 Å². The molecule has 30 heavy (non-hydrogen) atoms. The zero-order valence-corrected chi connectivity index (χ0v) is 20.2. The minimum absolute atomic E-state index is 0.108. The molecule has 2 nitrogen and oxygen atoms in total. The first-order chi connectivity index (χ1) is 14.1. The van der Waals surface area contributed by atoms with Crippen molar-refractivity contribution in [3.63, 3.8) is 0 Å². The molecule has 0 N–H and O–H groups in total. The summed E-state index contributed by atoms with van der Waals surface area (Å²) in [5.41, 5.74) is 2.45. The number of carbonyl (C=O) groups excluding carboxylic acids is 1. The Hall–Kier alpha value is -1.05. The Morgan fingerprint density at radius 2 is 1.83 bits per heavy atom. The van der Waals surface area contributed by atoms with Crippen molar-refractivity contribution in [2.24, 2.45) is 46.3 Å². The summed E-state index contributed by atoms with van der Waals surface area (Å²) in [4.78, 5) is 11.5. The molecule has 0 amide bonds. The van der Waals surface area contributed by atoms with Crippen LogP contribution in [0.3, 0.4) is 0 Å². The third-order valence-corrected chi connectivity index (χ3v) is 9.90. The van der Waals surface area contributed by atoms with E-state index in [9.17, 15) is 4.79 Å². The molecule has 0 aromatic heterocycles. The molecule has 2 heteroatoms. The van der Waals surface area contributed by atoms with Gasteiger partial charge in [-0.3, -0.25) is 4.79 Å². The summed E-state index contributed by atoms with van der Waals surface area (Å²) < 4.78 is 5.60. The Kier molecular flexibility index (Phi) is 6.01. The van der Waals surface area contributed by atoms with Gasteiger partial charge in [-0.2, -0.15) is 0 Å². The second-order valence-corrected chi connectivity index (χ2v) is 11.9. The van der Waals surface area contributed by atoms with Gasteiger partial charge in [0, 0.05) is 13.3 Å². The first-order valence-corrected chi connectivity index (χ1v) is 12.7. The van der Waals surface area contributed by atoms with Gasteiger partial charge in [-0.15, -0.1) is 0 Å². The van der Waals surface area contributed by atoms with E-state index in [2.05, 4.69) is 52.8 Å². The molecule has 4 aliphatic carbocycles. The van der Waals surface area contributed by atoms with Crippen LogP contribution in [0.5, 0.6) is 0 Å². The van der Waals surface area contributed by atoms with Crippen LogP contribution in [0.4, 0.5) is 0 Å². The van der Waals surface area contributed by atoms with E-state index in [0.717, 1.165) is 36.5 Å². The Bertz CT molecular complexity index is 718. The molecule has 0 radical (unpaired) electrons. The van der Waals surface area contributed by atoms with Crippen molar-refractivity contribution in [3.8, 4) is 0 Å². The molecule has 3 saturated carbocycles. The second kappa shape index (κ2) is 8.14. The van der Waals surface area contributed by atoms with Crippen molar-refractivity contribution in [1.29, 1.82) is 0 Å². The maximum atomic E-state index is 11.5. The SMILES string of the molecule is CC(=O)OC1CCC2(C)C(=CCC3C2CCC2(C)C(C(C)/C=C/C(C)C)CCC32)C1. The van der Waals surface area contributed by atoms with Crippen LogP contribution in [0.15, 0.2) is 23.8 Å². The van der Waals surface area contributed by atoms with Crippen molar-refractivity contribution in [1.82, 2.24) is 0 Å². The molecule has 4 aliphatic rings. The lowest BCUT2D eigenvalue weighted by atomic mass is 9.47. The number of esters is 1.